The van der Waals surface area contributed by atoms with Crippen LogP contribution in [0.25, 0.3) is 0 Å². The number of amides is 1. The minimum Gasteiger partial charge on any atom is -0.465 e. The fraction of sp³-hybridized carbons (Fsp3) is 0.462. The van der Waals surface area contributed by atoms with Crippen molar-refractivity contribution in [2.45, 2.75) is 31.4 Å². The van der Waals surface area contributed by atoms with E-state index in [2.05, 4.69) is 0 Å². The number of carbonyl (C=O) groups is 1. The number of halogens is 1. The minimum absolute atomic E-state index is 0. The molecular formula is C13H18ClN3O5. The van der Waals surface area contributed by atoms with Gasteiger partial charge in [0.05, 0.1) is 17.1 Å². The van der Waals surface area contributed by atoms with Crippen molar-refractivity contribution in [2.75, 3.05) is 6.54 Å². The van der Waals surface area contributed by atoms with Crippen LogP contribution in [0, 0.1) is 10.1 Å². The molecule has 8 nitrogen and oxygen atoms in total. The lowest BCUT2D eigenvalue weighted by Gasteiger charge is -2.38. The van der Waals surface area contributed by atoms with E-state index in [4.69, 9.17) is 10.7 Å². The Labute approximate surface area is 133 Å². The van der Waals surface area contributed by atoms with E-state index in [9.17, 15) is 20.0 Å². The number of nitro benzene ring substituents is 1. The highest BCUT2D eigenvalue weighted by molar-refractivity contribution is 5.85. The average molecular weight is 332 g/mol. The SMILES string of the molecule is Cl.NOC1CCCN(C(=O)O)C1Cc1ccc([N+](=O)[O-])cc1. The molecule has 3 N–H and O–H groups in total. The summed E-state index contributed by atoms with van der Waals surface area (Å²) in [5, 5.41) is 19.9. The average Bonchev–Trinajstić information content (AvgIpc) is 2.47. The summed E-state index contributed by atoms with van der Waals surface area (Å²) < 4.78 is 0. The van der Waals surface area contributed by atoms with Gasteiger partial charge in [0.25, 0.3) is 5.69 Å². The highest BCUT2D eigenvalue weighted by atomic mass is 35.5. The van der Waals surface area contributed by atoms with E-state index in [0.29, 0.717) is 25.8 Å². The number of piperidine rings is 1. The zero-order chi connectivity index (χ0) is 15.4. The van der Waals surface area contributed by atoms with Crippen LogP contribution in [0.1, 0.15) is 18.4 Å². The largest absolute Gasteiger partial charge is 0.465 e. The molecule has 1 aliphatic heterocycles. The van der Waals surface area contributed by atoms with Crippen molar-refractivity contribution in [2.24, 2.45) is 5.90 Å². The van der Waals surface area contributed by atoms with E-state index < -0.39 is 11.0 Å². The van der Waals surface area contributed by atoms with Gasteiger partial charge < -0.3 is 10.0 Å². The molecule has 0 spiro atoms. The van der Waals surface area contributed by atoms with E-state index in [1.807, 2.05) is 0 Å². The van der Waals surface area contributed by atoms with Crippen molar-refractivity contribution in [3.8, 4) is 0 Å². The van der Waals surface area contributed by atoms with Gasteiger partial charge in [-0.15, -0.1) is 12.4 Å². The number of non-ortho nitro benzene ring substituents is 1. The Bertz CT molecular complexity index is 525. The molecule has 2 unspecified atom stereocenters. The molecule has 122 valence electrons. The van der Waals surface area contributed by atoms with Crippen molar-refractivity contribution < 1.29 is 19.7 Å². The van der Waals surface area contributed by atoms with Crippen LogP contribution in [0.15, 0.2) is 24.3 Å². The van der Waals surface area contributed by atoms with E-state index in [1.54, 1.807) is 12.1 Å². The predicted octanol–water partition coefficient (Wildman–Crippen LogP) is 1.96. The van der Waals surface area contributed by atoms with Gasteiger partial charge in [-0.3, -0.25) is 15.0 Å². The number of nitrogens with zero attached hydrogens (tertiary/aromatic N) is 2. The Morgan fingerprint density at radius 2 is 2.09 bits per heavy atom. The predicted molar refractivity (Wildman–Crippen MR) is 80.9 cm³/mol. The van der Waals surface area contributed by atoms with Gasteiger partial charge in [-0.05, 0) is 24.8 Å². The molecular weight excluding hydrogens is 314 g/mol. The molecule has 1 fully saturated rings. The second kappa shape index (κ2) is 7.92. The van der Waals surface area contributed by atoms with Gasteiger partial charge in [-0.25, -0.2) is 10.7 Å². The summed E-state index contributed by atoms with van der Waals surface area (Å²) in [7, 11) is 0. The zero-order valence-corrected chi connectivity index (χ0v) is 12.6. The third kappa shape index (κ3) is 4.06. The monoisotopic (exact) mass is 331 g/mol. The van der Waals surface area contributed by atoms with Crippen LogP contribution in [-0.4, -0.2) is 39.7 Å². The number of nitro groups is 1. The number of carboxylic acid groups (broad SMARTS) is 1. The summed E-state index contributed by atoms with van der Waals surface area (Å²) in [5.74, 6) is 5.26. The summed E-state index contributed by atoms with van der Waals surface area (Å²) in [4.78, 5) is 27.7. The molecule has 2 rings (SSSR count). The number of benzene rings is 1. The lowest BCUT2D eigenvalue weighted by molar-refractivity contribution is -0.384. The molecule has 22 heavy (non-hydrogen) atoms. The smallest absolute Gasteiger partial charge is 0.407 e. The summed E-state index contributed by atoms with van der Waals surface area (Å²) in [6.45, 7) is 0.437. The van der Waals surface area contributed by atoms with Gasteiger partial charge >= 0.3 is 6.09 Å². The fourth-order valence-electron chi connectivity index (χ4n) is 2.65. The molecule has 0 radical (unpaired) electrons. The van der Waals surface area contributed by atoms with Crippen molar-refractivity contribution in [3.63, 3.8) is 0 Å². The Kier molecular flexibility index (Phi) is 6.54. The number of rotatable bonds is 4. The fourth-order valence-corrected chi connectivity index (χ4v) is 2.65. The van der Waals surface area contributed by atoms with E-state index in [-0.39, 0.29) is 30.2 Å². The second-order valence-corrected chi connectivity index (χ2v) is 4.99. The third-order valence-corrected chi connectivity index (χ3v) is 3.73. The van der Waals surface area contributed by atoms with E-state index in [1.165, 1.54) is 17.0 Å². The Morgan fingerprint density at radius 1 is 1.45 bits per heavy atom. The molecule has 1 amide bonds. The van der Waals surface area contributed by atoms with Crippen LogP contribution < -0.4 is 5.90 Å². The molecule has 0 bridgehead atoms. The summed E-state index contributed by atoms with van der Waals surface area (Å²) in [6.07, 6.45) is 0.420. The Morgan fingerprint density at radius 3 is 2.59 bits per heavy atom. The molecule has 2 atom stereocenters. The first-order valence-electron chi connectivity index (χ1n) is 6.61. The summed E-state index contributed by atoms with van der Waals surface area (Å²) in [5.41, 5.74) is 0.810. The summed E-state index contributed by atoms with van der Waals surface area (Å²) >= 11 is 0. The maximum Gasteiger partial charge on any atom is 0.407 e. The molecule has 0 aromatic heterocycles. The van der Waals surface area contributed by atoms with Crippen LogP contribution in [0.3, 0.4) is 0 Å². The van der Waals surface area contributed by atoms with Crippen molar-refractivity contribution in [1.29, 1.82) is 0 Å². The quantitative estimate of drug-likeness (QED) is 0.643. The van der Waals surface area contributed by atoms with Crippen molar-refractivity contribution >= 4 is 24.2 Å². The summed E-state index contributed by atoms with van der Waals surface area (Å²) in [6, 6.07) is 5.67. The Balaban J connectivity index is 0.00000242. The van der Waals surface area contributed by atoms with E-state index in [0.717, 1.165) is 5.56 Å². The van der Waals surface area contributed by atoms with Gasteiger partial charge in [0.2, 0.25) is 0 Å². The maximum absolute atomic E-state index is 11.3. The molecule has 0 aliphatic carbocycles. The van der Waals surface area contributed by atoms with Gasteiger partial charge in [-0.2, -0.15) is 0 Å². The van der Waals surface area contributed by atoms with Crippen LogP contribution in [-0.2, 0) is 11.3 Å². The van der Waals surface area contributed by atoms with Crippen molar-refractivity contribution in [3.05, 3.63) is 39.9 Å². The first-order chi connectivity index (χ1) is 10.0. The van der Waals surface area contributed by atoms with Gasteiger partial charge in [0.15, 0.2) is 0 Å². The lowest BCUT2D eigenvalue weighted by Crippen LogP contribution is -2.53. The van der Waals surface area contributed by atoms with Crippen LogP contribution in [0.2, 0.25) is 0 Å². The molecule has 1 saturated heterocycles. The van der Waals surface area contributed by atoms with Crippen molar-refractivity contribution in [1.82, 2.24) is 4.90 Å². The molecule has 1 aliphatic rings. The Hall–Kier alpha value is -1.90. The second-order valence-electron chi connectivity index (χ2n) is 4.99. The van der Waals surface area contributed by atoms with Crippen LogP contribution in [0.5, 0.6) is 0 Å². The molecule has 0 saturated carbocycles. The molecule has 1 aromatic rings. The number of nitrogens with two attached hydrogens (primary N) is 1. The highest BCUT2D eigenvalue weighted by Gasteiger charge is 2.35. The molecule has 1 heterocycles. The minimum atomic E-state index is -1.01. The normalized spacial score (nSPS) is 21.0. The molecule has 1 aromatic carbocycles. The first kappa shape index (κ1) is 18.1. The lowest BCUT2D eigenvalue weighted by atomic mass is 9.93. The molecule has 9 heteroatoms. The number of likely N-dealkylation sites (tertiary alicyclic amines) is 1. The topological polar surface area (TPSA) is 119 Å². The first-order valence-corrected chi connectivity index (χ1v) is 6.61. The van der Waals surface area contributed by atoms with Crippen LogP contribution in [0.4, 0.5) is 10.5 Å². The number of hydrogen-bond acceptors (Lipinski definition) is 5. The van der Waals surface area contributed by atoms with Gasteiger partial charge in [0.1, 0.15) is 0 Å². The van der Waals surface area contributed by atoms with Crippen LogP contribution >= 0.6 is 12.4 Å². The zero-order valence-electron chi connectivity index (χ0n) is 11.8. The third-order valence-electron chi connectivity index (χ3n) is 3.73. The van der Waals surface area contributed by atoms with Gasteiger partial charge in [-0.1, -0.05) is 12.1 Å². The highest BCUT2D eigenvalue weighted by Crippen LogP contribution is 2.24. The number of hydrogen-bond donors (Lipinski definition) is 2. The maximum atomic E-state index is 11.3. The standard InChI is InChI=1S/C13H17N3O5.ClH/c14-21-12-2-1-7-15(13(17)18)11(12)8-9-3-5-10(6-4-9)16(19)20;/h3-6,11-12H,1-2,7-8,14H2,(H,17,18);1H. The van der Waals surface area contributed by atoms with Gasteiger partial charge in [0, 0.05) is 18.7 Å². The van der Waals surface area contributed by atoms with E-state index >= 15 is 0 Å².